The van der Waals surface area contributed by atoms with Crippen molar-refractivity contribution in [2.24, 2.45) is 0 Å². The molecular formula is C25H34N8O4S. The van der Waals surface area contributed by atoms with Gasteiger partial charge in [-0.2, -0.15) is 8.99 Å². The summed E-state index contributed by atoms with van der Waals surface area (Å²) in [6, 6.07) is 13.7. The van der Waals surface area contributed by atoms with E-state index < -0.39 is 10.0 Å². The first-order valence-corrected chi connectivity index (χ1v) is 14.2. The summed E-state index contributed by atoms with van der Waals surface area (Å²) < 4.78 is 33.9. The Morgan fingerprint density at radius 3 is 2.24 bits per heavy atom. The van der Waals surface area contributed by atoms with Crippen molar-refractivity contribution in [3.05, 3.63) is 54.4 Å². The number of amides is 2. The van der Waals surface area contributed by atoms with Crippen LogP contribution in [0, 0.1) is 0 Å². The first kappa shape index (κ1) is 27.5. The quantitative estimate of drug-likeness (QED) is 0.414. The molecule has 0 unspecified atom stereocenters. The molecule has 1 fully saturated rings. The molecule has 1 aliphatic heterocycles. The number of carbonyl (C=O) groups is 1. The maximum Gasteiger partial charge on any atom is 0.321 e. The van der Waals surface area contributed by atoms with Crippen molar-refractivity contribution in [1.82, 2.24) is 34.3 Å². The van der Waals surface area contributed by atoms with E-state index in [2.05, 4.69) is 25.7 Å². The van der Waals surface area contributed by atoms with Crippen LogP contribution in [-0.2, 0) is 16.6 Å². The van der Waals surface area contributed by atoms with E-state index in [-0.39, 0.29) is 10.9 Å². The molecule has 0 atom stereocenters. The van der Waals surface area contributed by atoms with Crippen LogP contribution in [0.4, 0.5) is 10.5 Å². The average Bonchev–Trinajstić information content (AvgIpc) is 3.38. The lowest BCUT2D eigenvalue weighted by molar-refractivity contribution is 0.140. The highest BCUT2D eigenvalue weighted by atomic mass is 32.2. The zero-order valence-corrected chi connectivity index (χ0v) is 22.8. The lowest BCUT2D eigenvalue weighted by atomic mass is 10.3. The van der Waals surface area contributed by atoms with E-state index in [1.807, 2.05) is 31.2 Å². The smallest absolute Gasteiger partial charge is 0.321 e. The lowest BCUT2D eigenvalue weighted by Crippen LogP contribution is -2.49. The van der Waals surface area contributed by atoms with E-state index in [1.54, 1.807) is 35.6 Å². The summed E-state index contributed by atoms with van der Waals surface area (Å²) in [4.78, 5) is 17.0. The fourth-order valence-electron chi connectivity index (χ4n) is 4.29. The summed E-state index contributed by atoms with van der Waals surface area (Å²) in [5, 5.41) is 15.0. The molecule has 13 heteroatoms. The van der Waals surface area contributed by atoms with Gasteiger partial charge in [-0.15, -0.1) is 5.10 Å². The number of rotatable bonds is 10. The minimum absolute atomic E-state index is 0.209. The first-order valence-electron chi connectivity index (χ1n) is 12.7. The number of piperazine rings is 1. The Labute approximate surface area is 223 Å². The highest BCUT2D eigenvalue weighted by Gasteiger charge is 2.24. The Hall–Kier alpha value is -3.55. The van der Waals surface area contributed by atoms with Crippen LogP contribution in [0.15, 0.2) is 53.4 Å². The van der Waals surface area contributed by atoms with Crippen molar-refractivity contribution in [3.8, 4) is 11.4 Å². The molecule has 1 aliphatic rings. The number of tetrazole rings is 1. The van der Waals surface area contributed by atoms with E-state index in [4.69, 9.17) is 4.74 Å². The van der Waals surface area contributed by atoms with Crippen molar-refractivity contribution < 1.29 is 17.9 Å². The van der Waals surface area contributed by atoms with Crippen LogP contribution in [0.25, 0.3) is 5.69 Å². The number of aromatic nitrogens is 4. The number of sulfonamides is 1. The molecule has 12 nitrogen and oxygen atoms in total. The Morgan fingerprint density at radius 1 is 0.974 bits per heavy atom. The molecule has 38 heavy (non-hydrogen) atoms. The van der Waals surface area contributed by atoms with E-state index in [1.165, 1.54) is 16.4 Å². The summed E-state index contributed by atoms with van der Waals surface area (Å²) in [5.41, 5.74) is 1.40. The van der Waals surface area contributed by atoms with Gasteiger partial charge in [0, 0.05) is 45.0 Å². The second-order valence-corrected chi connectivity index (χ2v) is 10.7. The first-order chi connectivity index (χ1) is 18.3. The number of ether oxygens (including phenoxy) is 1. The summed E-state index contributed by atoms with van der Waals surface area (Å²) in [7, 11) is -3.54. The standard InChI is InChI=1S/C25H34N8O4S/c1-4-32(5-2)38(35,36)23-13-7-20(8-14-23)26-25(34)31-17-15-30(16-18-31)19-24-27-28-29-33(24)21-9-11-22(12-10-21)37-6-3/h7-14H,4-6,15-19H2,1-3H3,(H,26,34). The number of urea groups is 1. The topological polar surface area (TPSA) is 126 Å². The number of hydrogen-bond donors (Lipinski definition) is 1. The van der Waals surface area contributed by atoms with Gasteiger partial charge in [0.05, 0.1) is 23.7 Å². The molecule has 4 rings (SSSR count). The third kappa shape index (κ3) is 6.29. The number of nitrogens with one attached hydrogen (secondary N) is 1. The van der Waals surface area contributed by atoms with Gasteiger partial charge in [-0.25, -0.2) is 13.2 Å². The molecular weight excluding hydrogens is 508 g/mol. The second kappa shape index (κ2) is 12.3. The predicted molar refractivity (Wildman–Crippen MR) is 143 cm³/mol. The molecule has 2 amide bonds. The summed E-state index contributed by atoms with van der Waals surface area (Å²) >= 11 is 0. The van der Waals surface area contributed by atoms with Crippen molar-refractivity contribution in [3.63, 3.8) is 0 Å². The van der Waals surface area contributed by atoms with Gasteiger partial charge < -0.3 is 15.0 Å². The fourth-order valence-corrected chi connectivity index (χ4v) is 5.75. The van der Waals surface area contributed by atoms with Crippen molar-refractivity contribution >= 4 is 21.7 Å². The minimum Gasteiger partial charge on any atom is -0.494 e. The van der Waals surface area contributed by atoms with Gasteiger partial charge in [0.2, 0.25) is 10.0 Å². The molecule has 2 heterocycles. The Kier molecular flexibility index (Phi) is 8.92. The van der Waals surface area contributed by atoms with Crippen molar-refractivity contribution in [2.75, 3.05) is 51.2 Å². The van der Waals surface area contributed by atoms with E-state index in [9.17, 15) is 13.2 Å². The van der Waals surface area contributed by atoms with Crippen LogP contribution in [0.5, 0.6) is 5.75 Å². The van der Waals surface area contributed by atoms with Gasteiger partial charge in [0.25, 0.3) is 0 Å². The monoisotopic (exact) mass is 542 g/mol. The van der Waals surface area contributed by atoms with Crippen molar-refractivity contribution in [2.45, 2.75) is 32.2 Å². The summed E-state index contributed by atoms with van der Waals surface area (Å²) in [5.74, 6) is 1.51. The molecule has 3 aromatic rings. The predicted octanol–water partition coefficient (Wildman–Crippen LogP) is 2.44. The number of carbonyl (C=O) groups excluding carboxylic acids is 1. The summed E-state index contributed by atoms with van der Waals surface area (Å²) in [6.07, 6.45) is 0. The van der Waals surface area contributed by atoms with Crippen LogP contribution >= 0.6 is 0 Å². The van der Waals surface area contributed by atoms with Crippen LogP contribution < -0.4 is 10.1 Å². The maximum atomic E-state index is 12.8. The van der Waals surface area contributed by atoms with Crippen LogP contribution in [-0.4, -0.2) is 94.6 Å². The van der Waals surface area contributed by atoms with Gasteiger partial charge >= 0.3 is 6.03 Å². The third-order valence-electron chi connectivity index (χ3n) is 6.40. The van der Waals surface area contributed by atoms with Gasteiger partial charge in [0.1, 0.15) is 5.75 Å². The third-order valence-corrected chi connectivity index (χ3v) is 8.46. The molecule has 204 valence electrons. The molecule has 1 aromatic heterocycles. The highest BCUT2D eigenvalue weighted by molar-refractivity contribution is 7.89. The number of hydrogen-bond acceptors (Lipinski definition) is 8. The summed E-state index contributed by atoms with van der Waals surface area (Å²) in [6.45, 7) is 9.95. The van der Waals surface area contributed by atoms with Gasteiger partial charge in [0.15, 0.2) is 5.82 Å². The zero-order valence-electron chi connectivity index (χ0n) is 21.9. The van der Waals surface area contributed by atoms with Crippen molar-refractivity contribution in [1.29, 1.82) is 0 Å². The van der Waals surface area contributed by atoms with E-state index >= 15 is 0 Å². The number of anilines is 1. The average molecular weight is 543 g/mol. The Morgan fingerprint density at radius 2 is 1.63 bits per heavy atom. The molecule has 0 spiro atoms. The molecule has 0 aliphatic carbocycles. The molecule has 0 bridgehead atoms. The van der Waals surface area contributed by atoms with Crippen LogP contribution in [0.3, 0.4) is 0 Å². The Bertz CT molecular complexity index is 1300. The normalized spacial score (nSPS) is 14.6. The molecule has 2 aromatic carbocycles. The lowest BCUT2D eigenvalue weighted by Gasteiger charge is -2.34. The fraction of sp³-hybridized carbons (Fsp3) is 0.440. The van der Waals surface area contributed by atoms with E-state index in [0.717, 1.165) is 11.4 Å². The molecule has 1 N–H and O–H groups in total. The maximum absolute atomic E-state index is 12.8. The van der Waals surface area contributed by atoms with Gasteiger partial charge in [-0.05, 0) is 65.9 Å². The number of benzene rings is 2. The molecule has 0 saturated carbocycles. The van der Waals surface area contributed by atoms with Gasteiger partial charge in [-0.3, -0.25) is 4.90 Å². The number of nitrogens with zero attached hydrogens (tertiary/aromatic N) is 7. The minimum atomic E-state index is -3.54. The van der Waals surface area contributed by atoms with Crippen LogP contribution in [0.2, 0.25) is 0 Å². The largest absolute Gasteiger partial charge is 0.494 e. The molecule has 1 saturated heterocycles. The SMILES string of the molecule is CCOc1ccc(-n2nnnc2CN2CCN(C(=O)Nc3ccc(S(=O)(=O)N(CC)CC)cc3)CC2)cc1. The second-order valence-electron chi connectivity index (χ2n) is 8.74. The Balaban J connectivity index is 1.30. The molecule has 0 radical (unpaired) electrons. The highest BCUT2D eigenvalue weighted by Crippen LogP contribution is 2.19. The van der Waals surface area contributed by atoms with Crippen LogP contribution in [0.1, 0.15) is 26.6 Å². The zero-order chi connectivity index (χ0) is 27.1. The van der Waals surface area contributed by atoms with E-state index in [0.29, 0.717) is 63.9 Å². The van der Waals surface area contributed by atoms with Gasteiger partial charge in [-0.1, -0.05) is 13.8 Å².